The third-order valence-electron chi connectivity index (χ3n) is 16.1. The van der Waals surface area contributed by atoms with E-state index in [4.69, 9.17) is 0 Å². The Morgan fingerprint density at radius 3 is 0.933 bits per heavy atom. The van der Waals surface area contributed by atoms with Crippen molar-refractivity contribution in [2.24, 2.45) is 23.7 Å². The Kier molecular flexibility index (Phi) is 17.1. The molecule has 2 aliphatic carbocycles. The highest BCUT2D eigenvalue weighted by Crippen LogP contribution is 2.68. The van der Waals surface area contributed by atoms with E-state index in [-0.39, 0.29) is 21.7 Å². The zero-order valence-corrected chi connectivity index (χ0v) is 44.1. The lowest BCUT2D eigenvalue weighted by Gasteiger charge is -2.41. The van der Waals surface area contributed by atoms with Crippen molar-refractivity contribution in [2.75, 3.05) is 0 Å². The molecule has 2 heteroatoms. The molecule has 2 aliphatic rings. The van der Waals surface area contributed by atoms with Crippen LogP contribution in [-0.2, 0) is 21.7 Å². The minimum atomic E-state index is 0.0626. The second-order valence-electron chi connectivity index (χ2n) is 22.6. The summed E-state index contributed by atoms with van der Waals surface area (Å²) in [6, 6.07) is 5.58. The first-order valence-corrected chi connectivity index (χ1v) is 27.6. The molecule has 0 bridgehead atoms. The lowest BCUT2D eigenvalue weighted by Crippen LogP contribution is -2.34. The monoisotopic (exact) mass is 855 g/mol. The molecular weight excluding hydrogens is 761 g/mol. The van der Waals surface area contributed by atoms with Gasteiger partial charge in [-0.25, -0.2) is 0 Å². The third kappa shape index (κ3) is 9.67. The lowest BCUT2D eigenvalue weighted by molar-refractivity contribution is 0.263. The van der Waals surface area contributed by atoms with E-state index < -0.39 is 0 Å². The molecule has 0 N–H and O–H groups in total. The number of benzene rings is 1. The van der Waals surface area contributed by atoms with Gasteiger partial charge in [0.25, 0.3) is 0 Å². The first kappa shape index (κ1) is 49.6. The van der Waals surface area contributed by atoms with Crippen LogP contribution in [0.3, 0.4) is 0 Å². The van der Waals surface area contributed by atoms with Crippen LogP contribution < -0.4 is 0 Å². The van der Waals surface area contributed by atoms with Crippen molar-refractivity contribution in [1.29, 1.82) is 0 Å². The zero-order valence-electron chi connectivity index (χ0n) is 42.4. The van der Waals surface area contributed by atoms with E-state index in [1.807, 2.05) is 0 Å². The fraction of sp³-hybridized carbons (Fsp3) is 0.759. The Morgan fingerprint density at radius 1 is 0.450 bits per heavy atom. The van der Waals surface area contributed by atoms with Crippen LogP contribution >= 0.6 is 22.7 Å². The molecule has 1 aromatic carbocycles. The quantitative estimate of drug-likeness (QED) is 0.0842. The topological polar surface area (TPSA) is 0 Å². The summed E-state index contributed by atoms with van der Waals surface area (Å²) in [5.74, 6) is 2.98. The molecule has 4 atom stereocenters. The summed E-state index contributed by atoms with van der Waals surface area (Å²) in [7, 11) is 0. The van der Waals surface area contributed by atoms with Crippen LogP contribution in [0, 0.1) is 37.5 Å². The Labute approximate surface area is 381 Å². The molecule has 2 heterocycles. The molecule has 0 aliphatic heterocycles. The van der Waals surface area contributed by atoms with Crippen molar-refractivity contribution in [3.05, 3.63) is 55.3 Å². The highest BCUT2D eigenvalue weighted by atomic mass is 32.1. The van der Waals surface area contributed by atoms with E-state index in [1.54, 1.807) is 64.0 Å². The molecule has 0 saturated heterocycles. The van der Waals surface area contributed by atoms with Crippen molar-refractivity contribution in [3.8, 4) is 20.9 Å². The summed E-state index contributed by atoms with van der Waals surface area (Å²) in [5, 5.41) is 0. The van der Waals surface area contributed by atoms with Crippen molar-refractivity contribution in [3.63, 3.8) is 0 Å². The molecule has 338 valence electrons. The van der Waals surface area contributed by atoms with Gasteiger partial charge in [0.2, 0.25) is 0 Å². The zero-order chi connectivity index (χ0) is 44.2. The number of unbranched alkanes of at least 4 members (excludes halogenated alkanes) is 4. The van der Waals surface area contributed by atoms with Gasteiger partial charge in [0.1, 0.15) is 0 Å². The minimum Gasteiger partial charge on any atom is -0.139 e. The highest BCUT2D eigenvalue weighted by Gasteiger charge is 2.54. The molecule has 5 rings (SSSR count). The fourth-order valence-corrected chi connectivity index (χ4v) is 15.2. The number of hydrogen-bond acceptors (Lipinski definition) is 2. The fourth-order valence-electron chi connectivity index (χ4n) is 12.4. The molecule has 0 fully saturated rings. The molecule has 0 amide bonds. The number of fused-ring (bicyclic) bond motifs is 6. The van der Waals surface area contributed by atoms with Crippen LogP contribution in [-0.4, -0.2) is 0 Å². The van der Waals surface area contributed by atoms with Gasteiger partial charge in [0, 0.05) is 30.3 Å². The minimum absolute atomic E-state index is 0.0626. The van der Waals surface area contributed by atoms with E-state index in [1.165, 1.54) is 128 Å². The maximum absolute atomic E-state index is 2.79. The van der Waals surface area contributed by atoms with E-state index in [0.717, 1.165) is 23.7 Å². The predicted octanol–water partition coefficient (Wildman–Crippen LogP) is 20.0. The van der Waals surface area contributed by atoms with Crippen molar-refractivity contribution in [1.82, 2.24) is 0 Å². The van der Waals surface area contributed by atoms with Crippen LogP contribution in [0.25, 0.3) is 20.9 Å². The molecule has 60 heavy (non-hydrogen) atoms. The molecule has 0 saturated carbocycles. The average molecular weight is 856 g/mol. The first-order valence-electron chi connectivity index (χ1n) is 25.9. The summed E-state index contributed by atoms with van der Waals surface area (Å²) in [4.78, 5) is 6.54. The average Bonchev–Trinajstić information content (AvgIpc) is 3.97. The van der Waals surface area contributed by atoms with Gasteiger partial charge < -0.3 is 0 Å². The maximum atomic E-state index is 2.79. The molecule has 3 aromatic rings. The SMILES string of the molecule is CCCCC(CC)CC1(CC(CC)CCCC)c2cc(C(C)(C)C)sc2-c2c(C)c3c(c(C)c21)-c1sc(C(C)(C)C)cc1C3(CC(CC)CCCC)CC(CC)CCCC. The van der Waals surface area contributed by atoms with Gasteiger partial charge in [-0.3, -0.25) is 0 Å². The molecule has 4 unspecified atom stereocenters. The molecular formula is C58H94S2. The summed E-state index contributed by atoms with van der Waals surface area (Å²) < 4.78 is 0. The standard InChI is InChI=1S/C58H94S2/c1-17-25-29-41(21-5)35-57(36-42(22-6)30-26-18-2)45-33-47(55(11,12)13)59-53(45)49-40(10)52-50(39(9)51(49)57)54-46(34-48(60-54)56(14,15)16)58(52,37-43(23-7)31-27-19-3)38-44(24-8)32-28-20-4/h33-34,41-44H,17-32,35-38H2,1-16H3. The summed E-state index contributed by atoms with van der Waals surface area (Å²) in [6.07, 6.45) is 26.4. The van der Waals surface area contributed by atoms with Crippen LogP contribution in [0.2, 0.25) is 0 Å². The molecule has 2 aromatic heterocycles. The molecule has 0 spiro atoms. The Morgan fingerprint density at radius 2 is 0.717 bits per heavy atom. The van der Waals surface area contributed by atoms with Crippen molar-refractivity contribution < 1.29 is 0 Å². The Bertz CT molecular complexity index is 1660. The second kappa shape index (κ2) is 20.6. The van der Waals surface area contributed by atoms with Gasteiger partial charge in [-0.1, -0.05) is 200 Å². The lowest BCUT2D eigenvalue weighted by atomic mass is 9.62. The van der Waals surface area contributed by atoms with E-state index in [0.29, 0.717) is 0 Å². The highest BCUT2D eigenvalue weighted by molar-refractivity contribution is 7.16. The summed E-state index contributed by atoms with van der Waals surface area (Å²) in [5.41, 5.74) is 14.2. The molecule has 0 nitrogen and oxygen atoms in total. The predicted molar refractivity (Wildman–Crippen MR) is 273 cm³/mol. The van der Waals surface area contributed by atoms with Crippen LogP contribution in [0.4, 0.5) is 0 Å². The Balaban J connectivity index is 1.97. The van der Waals surface area contributed by atoms with Crippen LogP contribution in [0.1, 0.15) is 268 Å². The number of thiophene rings is 2. The van der Waals surface area contributed by atoms with E-state index in [2.05, 4.69) is 146 Å². The van der Waals surface area contributed by atoms with Gasteiger partial charge in [0.15, 0.2) is 0 Å². The van der Waals surface area contributed by atoms with Gasteiger partial charge in [-0.05, 0) is 131 Å². The van der Waals surface area contributed by atoms with Gasteiger partial charge in [0.05, 0.1) is 0 Å². The smallest absolute Gasteiger partial charge is 0.0392 e. The third-order valence-corrected chi connectivity index (χ3v) is 19.3. The summed E-state index contributed by atoms with van der Waals surface area (Å²) in [6.45, 7) is 39.8. The van der Waals surface area contributed by atoms with Gasteiger partial charge >= 0.3 is 0 Å². The van der Waals surface area contributed by atoms with E-state index in [9.17, 15) is 0 Å². The van der Waals surface area contributed by atoms with Crippen molar-refractivity contribution in [2.45, 2.75) is 261 Å². The van der Waals surface area contributed by atoms with Gasteiger partial charge in [-0.2, -0.15) is 0 Å². The van der Waals surface area contributed by atoms with Crippen LogP contribution in [0.15, 0.2) is 12.1 Å². The normalized spacial score (nSPS) is 20.5. The second-order valence-corrected chi connectivity index (χ2v) is 24.7. The molecule has 0 radical (unpaired) electrons. The first-order chi connectivity index (χ1) is 28.5. The largest absolute Gasteiger partial charge is 0.139 e. The number of hydrogen-bond donors (Lipinski definition) is 0. The Hall–Kier alpha value is -1.38. The van der Waals surface area contributed by atoms with Gasteiger partial charge in [-0.15, -0.1) is 22.7 Å². The van der Waals surface area contributed by atoms with Crippen molar-refractivity contribution >= 4 is 22.7 Å². The number of rotatable bonds is 24. The maximum Gasteiger partial charge on any atom is 0.0392 e. The summed E-state index contributed by atoms with van der Waals surface area (Å²) >= 11 is 4.40. The van der Waals surface area contributed by atoms with Crippen LogP contribution in [0.5, 0.6) is 0 Å². The van der Waals surface area contributed by atoms with E-state index >= 15 is 0 Å².